The zero-order valence-corrected chi connectivity index (χ0v) is 25.7. The fraction of sp³-hybridized carbons (Fsp3) is 0. The summed E-state index contributed by atoms with van der Waals surface area (Å²) in [6.07, 6.45) is 3.77. The summed E-state index contributed by atoms with van der Waals surface area (Å²) >= 11 is 0. The van der Waals surface area contributed by atoms with E-state index < -0.39 is 0 Å². The second kappa shape index (κ2) is 10.4. The zero-order valence-electron chi connectivity index (χ0n) is 25.7. The van der Waals surface area contributed by atoms with E-state index in [0.717, 1.165) is 50.0 Å². The number of aromatic nitrogens is 5. The minimum absolute atomic E-state index is 0.570. The lowest BCUT2D eigenvalue weighted by Crippen LogP contribution is -2.15. The van der Waals surface area contributed by atoms with Crippen LogP contribution < -0.4 is 4.90 Å². The fourth-order valence-electron chi connectivity index (χ4n) is 7.21. The number of rotatable bonds is 4. The first-order valence-corrected chi connectivity index (χ1v) is 16.0. The summed E-state index contributed by atoms with van der Waals surface area (Å²) in [6, 6.07) is 50.5. The van der Waals surface area contributed by atoms with Crippen molar-refractivity contribution in [1.29, 1.82) is 0 Å². The van der Waals surface area contributed by atoms with Crippen LogP contribution in [0.3, 0.4) is 0 Å². The van der Waals surface area contributed by atoms with Crippen LogP contribution >= 0.6 is 0 Å². The Kier molecular flexibility index (Phi) is 5.77. The third-order valence-electron chi connectivity index (χ3n) is 9.24. The molecule has 4 heterocycles. The molecule has 0 spiro atoms. The van der Waals surface area contributed by atoms with Gasteiger partial charge in [0.15, 0.2) is 11.6 Å². The topological polar surface area (TPSA) is 59.7 Å². The molecule has 0 atom stereocenters. The van der Waals surface area contributed by atoms with E-state index >= 15 is 0 Å². The molecule has 6 aromatic carbocycles. The van der Waals surface area contributed by atoms with E-state index in [0.29, 0.717) is 17.6 Å². The Labute approximate surface area is 276 Å². The highest BCUT2D eigenvalue weighted by Gasteiger charge is 2.30. The Morgan fingerprint density at radius 3 is 1.92 bits per heavy atom. The van der Waals surface area contributed by atoms with Gasteiger partial charge in [-0.2, -0.15) is 9.97 Å². The molecule has 48 heavy (non-hydrogen) atoms. The summed E-state index contributed by atoms with van der Waals surface area (Å²) in [6.45, 7) is 0. The quantitative estimate of drug-likeness (QED) is 0.197. The van der Waals surface area contributed by atoms with Gasteiger partial charge in [-0.1, -0.05) is 115 Å². The number of pyridine rings is 1. The molecule has 0 amide bonds. The smallest absolute Gasteiger partial charge is 0.238 e. The number of hydrogen-bond donors (Lipinski definition) is 0. The SMILES string of the molecule is c1ccc(-c2nc(-c3ccccc3)nc(-n3c4ccccc4c4c5c(ccc43)-c3cccc4cccc(c34)N5c3cccnc3)n2)cc1. The number of anilines is 3. The molecule has 0 saturated heterocycles. The van der Waals surface area contributed by atoms with Crippen LogP contribution in [0.4, 0.5) is 17.1 Å². The molecule has 0 saturated carbocycles. The molecule has 6 nitrogen and oxygen atoms in total. The molecule has 1 aliphatic heterocycles. The molecule has 3 aromatic heterocycles. The molecular weight excluding hydrogens is 589 g/mol. The van der Waals surface area contributed by atoms with Crippen molar-refractivity contribution in [2.75, 3.05) is 4.90 Å². The molecule has 0 fully saturated rings. The highest BCUT2D eigenvalue weighted by Crippen LogP contribution is 2.54. The van der Waals surface area contributed by atoms with Crippen molar-refractivity contribution in [3.8, 4) is 39.9 Å². The first-order chi connectivity index (χ1) is 23.8. The minimum Gasteiger partial charge on any atom is -0.307 e. The van der Waals surface area contributed by atoms with E-state index in [2.05, 4.69) is 93.3 Å². The lowest BCUT2D eigenvalue weighted by Gasteiger charge is -2.34. The van der Waals surface area contributed by atoms with E-state index in [9.17, 15) is 0 Å². The van der Waals surface area contributed by atoms with Crippen LogP contribution in [0.25, 0.3) is 72.4 Å². The van der Waals surface area contributed by atoms with Gasteiger partial charge in [-0.25, -0.2) is 4.98 Å². The fourth-order valence-corrected chi connectivity index (χ4v) is 7.21. The average molecular weight is 615 g/mol. The molecule has 9 aromatic rings. The molecule has 0 bridgehead atoms. The standard InChI is InChI=1S/C42H26N6/c1-3-12-28(13-4-1)40-44-41(29-14-5-2-6-15-29)46-42(45-40)48-34-21-8-7-19-33(34)38-36(48)24-23-32-31-20-9-16-27-17-10-22-35(37(27)31)47(39(32)38)30-18-11-25-43-26-30/h1-26H. The number of nitrogens with zero attached hydrogens (tertiary/aromatic N) is 6. The Morgan fingerprint density at radius 2 is 1.19 bits per heavy atom. The van der Waals surface area contributed by atoms with Crippen LogP contribution in [0, 0.1) is 0 Å². The van der Waals surface area contributed by atoms with E-state index in [4.69, 9.17) is 15.0 Å². The van der Waals surface area contributed by atoms with E-state index in [1.165, 1.54) is 21.9 Å². The molecule has 0 N–H and O–H groups in total. The Balaban J connectivity index is 1.33. The van der Waals surface area contributed by atoms with E-state index in [-0.39, 0.29) is 0 Å². The number of fused-ring (bicyclic) bond motifs is 6. The van der Waals surface area contributed by atoms with Crippen molar-refractivity contribution in [2.24, 2.45) is 0 Å². The summed E-state index contributed by atoms with van der Waals surface area (Å²) < 4.78 is 2.19. The van der Waals surface area contributed by atoms with Crippen molar-refractivity contribution >= 4 is 49.6 Å². The van der Waals surface area contributed by atoms with E-state index in [1.807, 2.05) is 79.1 Å². The molecule has 1 aliphatic rings. The number of hydrogen-bond acceptors (Lipinski definition) is 5. The molecule has 6 heteroatoms. The normalized spacial score (nSPS) is 12.1. The summed E-state index contributed by atoms with van der Waals surface area (Å²) in [4.78, 5) is 22.2. The van der Waals surface area contributed by atoms with Gasteiger partial charge in [-0.05, 0) is 41.3 Å². The second-order valence-corrected chi connectivity index (χ2v) is 12.0. The summed E-state index contributed by atoms with van der Waals surface area (Å²) in [5.74, 6) is 1.82. The van der Waals surface area contributed by atoms with Gasteiger partial charge in [0, 0.05) is 39.0 Å². The molecule has 10 rings (SSSR count). The maximum Gasteiger partial charge on any atom is 0.238 e. The molecule has 0 aliphatic carbocycles. The Morgan fingerprint density at radius 1 is 0.479 bits per heavy atom. The van der Waals surface area contributed by atoms with Gasteiger partial charge >= 0.3 is 0 Å². The number of para-hydroxylation sites is 1. The van der Waals surface area contributed by atoms with Crippen LogP contribution in [-0.4, -0.2) is 24.5 Å². The predicted molar refractivity (Wildman–Crippen MR) is 194 cm³/mol. The largest absolute Gasteiger partial charge is 0.307 e. The first-order valence-electron chi connectivity index (χ1n) is 16.0. The van der Waals surface area contributed by atoms with Gasteiger partial charge in [0.1, 0.15) is 0 Å². The molecule has 224 valence electrons. The Bertz CT molecular complexity index is 2600. The van der Waals surface area contributed by atoms with Crippen molar-refractivity contribution in [3.63, 3.8) is 0 Å². The lowest BCUT2D eigenvalue weighted by molar-refractivity contribution is 0.953. The Hall–Kier alpha value is -6.66. The summed E-state index contributed by atoms with van der Waals surface area (Å²) in [5.41, 5.74) is 9.54. The second-order valence-electron chi connectivity index (χ2n) is 12.0. The van der Waals surface area contributed by atoms with Crippen LogP contribution in [-0.2, 0) is 0 Å². The number of benzene rings is 6. The van der Waals surface area contributed by atoms with Gasteiger partial charge in [0.25, 0.3) is 0 Å². The third kappa shape index (κ3) is 3.93. The molecule has 0 unspecified atom stereocenters. The maximum atomic E-state index is 5.15. The van der Waals surface area contributed by atoms with Gasteiger partial charge in [0.2, 0.25) is 5.95 Å². The maximum absolute atomic E-state index is 5.15. The average Bonchev–Trinajstić information content (AvgIpc) is 3.51. The van der Waals surface area contributed by atoms with Crippen molar-refractivity contribution in [3.05, 3.63) is 158 Å². The van der Waals surface area contributed by atoms with Crippen LogP contribution in [0.15, 0.2) is 158 Å². The zero-order chi connectivity index (χ0) is 31.6. The molecule has 0 radical (unpaired) electrons. The highest BCUT2D eigenvalue weighted by molar-refractivity contribution is 6.24. The van der Waals surface area contributed by atoms with Crippen molar-refractivity contribution in [1.82, 2.24) is 24.5 Å². The van der Waals surface area contributed by atoms with Gasteiger partial charge < -0.3 is 4.90 Å². The van der Waals surface area contributed by atoms with Crippen LogP contribution in [0.2, 0.25) is 0 Å². The summed E-state index contributed by atoms with van der Waals surface area (Å²) in [5, 5.41) is 4.69. The summed E-state index contributed by atoms with van der Waals surface area (Å²) in [7, 11) is 0. The van der Waals surface area contributed by atoms with Crippen molar-refractivity contribution in [2.45, 2.75) is 0 Å². The minimum atomic E-state index is 0.570. The predicted octanol–water partition coefficient (Wildman–Crippen LogP) is 10.3. The van der Waals surface area contributed by atoms with Gasteiger partial charge in [-0.15, -0.1) is 0 Å². The van der Waals surface area contributed by atoms with Crippen molar-refractivity contribution < 1.29 is 0 Å². The van der Waals surface area contributed by atoms with E-state index in [1.54, 1.807) is 0 Å². The van der Waals surface area contributed by atoms with Gasteiger partial charge in [-0.3, -0.25) is 9.55 Å². The van der Waals surface area contributed by atoms with Crippen LogP contribution in [0.1, 0.15) is 0 Å². The third-order valence-corrected chi connectivity index (χ3v) is 9.24. The molecular formula is C42H26N6. The van der Waals surface area contributed by atoms with Crippen LogP contribution in [0.5, 0.6) is 0 Å². The first kappa shape index (κ1) is 26.5. The monoisotopic (exact) mass is 614 g/mol. The van der Waals surface area contributed by atoms with Gasteiger partial charge in [0.05, 0.1) is 34.3 Å². The highest BCUT2D eigenvalue weighted by atomic mass is 15.2. The lowest BCUT2D eigenvalue weighted by atomic mass is 9.89.